The van der Waals surface area contributed by atoms with Crippen molar-refractivity contribution in [2.45, 2.75) is 32.4 Å². The Kier molecular flexibility index (Phi) is 4.47. The summed E-state index contributed by atoms with van der Waals surface area (Å²) in [6.07, 6.45) is 0.350. The van der Waals surface area contributed by atoms with Crippen molar-refractivity contribution in [2.24, 2.45) is 5.73 Å². The van der Waals surface area contributed by atoms with Gasteiger partial charge in [-0.05, 0) is 25.5 Å². The van der Waals surface area contributed by atoms with Crippen molar-refractivity contribution in [1.29, 1.82) is 5.26 Å². The number of para-hydroxylation sites is 1. The van der Waals surface area contributed by atoms with E-state index in [-0.39, 0.29) is 17.9 Å². The highest BCUT2D eigenvalue weighted by molar-refractivity contribution is 5.56. The van der Waals surface area contributed by atoms with Crippen molar-refractivity contribution in [3.05, 3.63) is 29.6 Å². The van der Waals surface area contributed by atoms with E-state index in [1.54, 1.807) is 18.0 Å². The van der Waals surface area contributed by atoms with Crippen LogP contribution in [0.3, 0.4) is 0 Å². The molecule has 2 N–H and O–H groups in total. The Bertz CT molecular complexity index is 423. The number of rotatable bonds is 4. The zero-order valence-electron chi connectivity index (χ0n) is 10.4. The van der Waals surface area contributed by atoms with Gasteiger partial charge in [-0.25, -0.2) is 4.39 Å². The van der Waals surface area contributed by atoms with Crippen molar-refractivity contribution in [1.82, 2.24) is 0 Å². The first kappa shape index (κ1) is 13.5. The first-order valence-electron chi connectivity index (χ1n) is 5.62. The molecule has 0 bridgehead atoms. The lowest BCUT2D eigenvalue weighted by Gasteiger charge is -2.29. The number of hydrogen-bond acceptors (Lipinski definition) is 3. The number of nitriles is 1. The van der Waals surface area contributed by atoms with Gasteiger partial charge >= 0.3 is 0 Å². The van der Waals surface area contributed by atoms with Crippen molar-refractivity contribution in [3.63, 3.8) is 0 Å². The molecule has 0 saturated carbocycles. The molecular weight excluding hydrogens is 217 g/mol. The maximum Gasteiger partial charge on any atom is 0.146 e. The quantitative estimate of drug-likeness (QED) is 0.872. The van der Waals surface area contributed by atoms with E-state index >= 15 is 0 Å². The molecule has 0 amide bonds. The van der Waals surface area contributed by atoms with Gasteiger partial charge in [0.15, 0.2) is 0 Å². The van der Waals surface area contributed by atoms with Crippen molar-refractivity contribution < 1.29 is 4.39 Å². The molecule has 1 rings (SSSR count). The highest BCUT2D eigenvalue weighted by atomic mass is 19.1. The number of halogens is 1. The largest absolute Gasteiger partial charge is 0.368 e. The van der Waals surface area contributed by atoms with Gasteiger partial charge in [0.25, 0.3) is 0 Å². The van der Waals surface area contributed by atoms with Gasteiger partial charge in [0.2, 0.25) is 0 Å². The Balaban J connectivity index is 3.16. The Morgan fingerprint density at radius 1 is 1.47 bits per heavy atom. The molecule has 0 heterocycles. The highest BCUT2D eigenvalue weighted by Gasteiger charge is 2.19. The minimum atomic E-state index is -0.299. The third-order valence-electron chi connectivity index (χ3n) is 2.91. The van der Waals surface area contributed by atoms with Crippen LogP contribution in [0.25, 0.3) is 0 Å². The lowest BCUT2D eigenvalue weighted by Crippen LogP contribution is -2.31. The van der Waals surface area contributed by atoms with Crippen LogP contribution in [-0.4, -0.2) is 13.1 Å². The third kappa shape index (κ3) is 2.95. The molecule has 0 aliphatic heterocycles. The van der Waals surface area contributed by atoms with E-state index in [0.717, 1.165) is 5.56 Å². The summed E-state index contributed by atoms with van der Waals surface area (Å²) in [6.45, 7) is 3.71. The topological polar surface area (TPSA) is 53.0 Å². The summed E-state index contributed by atoms with van der Waals surface area (Å²) >= 11 is 0. The van der Waals surface area contributed by atoms with Crippen LogP contribution in [0.4, 0.5) is 10.1 Å². The van der Waals surface area contributed by atoms with E-state index in [1.165, 1.54) is 6.07 Å². The molecule has 3 nitrogen and oxygen atoms in total. The number of anilines is 1. The fraction of sp³-hybridized carbons (Fsp3) is 0.462. The molecule has 0 spiro atoms. The monoisotopic (exact) mass is 235 g/mol. The van der Waals surface area contributed by atoms with Crippen LogP contribution in [-0.2, 0) is 0 Å². The molecule has 4 heteroatoms. The Hall–Kier alpha value is -1.60. The SMILES string of the molecule is CC(CC#N)N(C)c1c(F)cccc1[C@H](C)N. The summed E-state index contributed by atoms with van der Waals surface area (Å²) in [5.74, 6) is -0.299. The van der Waals surface area contributed by atoms with Crippen molar-refractivity contribution >= 4 is 5.69 Å². The van der Waals surface area contributed by atoms with E-state index in [1.807, 2.05) is 19.9 Å². The zero-order valence-corrected chi connectivity index (χ0v) is 10.4. The van der Waals surface area contributed by atoms with Gasteiger partial charge in [-0.15, -0.1) is 0 Å². The first-order valence-corrected chi connectivity index (χ1v) is 5.62. The van der Waals surface area contributed by atoms with E-state index in [9.17, 15) is 4.39 Å². The Morgan fingerprint density at radius 2 is 2.12 bits per heavy atom. The number of benzene rings is 1. The molecule has 2 atom stereocenters. The van der Waals surface area contributed by atoms with Gasteiger partial charge in [-0.3, -0.25) is 0 Å². The van der Waals surface area contributed by atoms with Gasteiger partial charge < -0.3 is 10.6 Å². The summed E-state index contributed by atoms with van der Waals surface area (Å²) < 4.78 is 13.9. The molecule has 17 heavy (non-hydrogen) atoms. The van der Waals surface area contributed by atoms with E-state index in [0.29, 0.717) is 12.1 Å². The van der Waals surface area contributed by atoms with E-state index < -0.39 is 0 Å². The van der Waals surface area contributed by atoms with Crippen LogP contribution in [0.1, 0.15) is 31.9 Å². The maximum absolute atomic E-state index is 13.9. The Labute approximate surface area is 102 Å². The zero-order chi connectivity index (χ0) is 13.0. The van der Waals surface area contributed by atoms with Gasteiger partial charge in [-0.2, -0.15) is 5.26 Å². The minimum Gasteiger partial charge on any atom is -0.368 e. The summed E-state index contributed by atoms with van der Waals surface area (Å²) in [5.41, 5.74) is 7.09. The summed E-state index contributed by atoms with van der Waals surface area (Å²) in [7, 11) is 1.78. The predicted octanol–water partition coefficient (Wildman–Crippen LogP) is 2.58. The van der Waals surface area contributed by atoms with Crippen LogP contribution >= 0.6 is 0 Å². The molecule has 1 unspecified atom stereocenters. The van der Waals surface area contributed by atoms with Gasteiger partial charge in [0.05, 0.1) is 18.2 Å². The number of nitrogens with zero attached hydrogens (tertiary/aromatic N) is 2. The molecule has 0 fully saturated rings. The van der Waals surface area contributed by atoms with Crippen LogP contribution in [0.5, 0.6) is 0 Å². The second-order valence-corrected chi connectivity index (χ2v) is 4.29. The molecule has 0 aliphatic rings. The van der Waals surface area contributed by atoms with Gasteiger partial charge in [0, 0.05) is 19.1 Å². The van der Waals surface area contributed by atoms with E-state index in [2.05, 4.69) is 6.07 Å². The molecular formula is C13H18FN3. The molecule has 1 aromatic rings. The minimum absolute atomic E-state index is 0.0469. The molecule has 0 aromatic heterocycles. The smallest absolute Gasteiger partial charge is 0.146 e. The molecule has 0 aliphatic carbocycles. The number of hydrogen-bond donors (Lipinski definition) is 1. The Morgan fingerprint density at radius 3 is 2.65 bits per heavy atom. The second-order valence-electron chi connectivity index (χ2n) is 4.29. The molecule has 0 radical (unpaired) electrons. The second kappa shape index (κ2) is 5.65. The van der Waals surface area contributed by atoms with Gasteiger partial charge in [0.1, 0.15) is 5.82 Å². The normalized spacial score (nSPS) is 13.9. The number of nitrogens with two attached hydrogens (primary N) is 1. The molecule has 0 saturated heterocycles. The van der Waals surface area contributed by atoms with Crippen molar-refractivity contribution in [2.75, 3.05) is 11.9 Å². The van der Waals surface area contributed by atoms with Crippen LogP contribution in [0.15, 0.2) is 18.2 Å². The fourth-order valence-electron chi connectivity index (χ4n) is 1.76. The van der Waals surface area contributed by atoms with Crippen LogP contribution < -0.4 is 10.6 Å². The maximum atomic E-state index is 13.9. The van der Waals surface area contributed by atoms with Crippen LogP contribution in [0, 0.1) is 17.1 Å². The summed E-state index contributed by atoms with van der Waals surface area (Å²) in [5, 5.41) is 8.69. The third-order valence-corrected chi connectivity index (χ3v) is 2.91. The lowest BCUT2D eigenvalue weighted by molar-refractivity contribution is 0.600. The van der Waals surface area contributed by atoms with Crippen molar-refractivity contribution in [3.8, 4) is 6.07 Å². The average Bonchev–Trinajstić information content (AvgIpc) is 2.28. The van der Waals surface area contributed by atoms with E-state index in [4.69, 9.17) is 11.0 Å². The summed E-state index contributed by atoms with van der Waals surface area (Å²) in [4.78, 5) is 1.78. The van der Waals surface area contributed by atoms with Crippen LogP contribution in [0.2, 0.25) is 0 Å². The van der Waals surface area contributed by atoms with Gasteiger partial charge in [-0.1, -0.05) is 12.1 Å². The first-order chi connectivity index (χ1) is 7.99. The molecule has 92 valence electrons. The average molecular weight is 235 g/mol. The fourth-order valence-corrected chi connectivity index (χ4v) is 1.76. The molecule has 1 aromatic carbocycles. The summed E-state index contributed by atoms with van der Waals surface area (Å²) in [6, 6.07) is 6.69. The standard InChI is InChI=1S/C13H18FN3/c1-9(7-8-15)17(3)13-11(10(2)16)5-4-6-12(13)14/h4-6,9-10H,7,16H2,1-3H3/t9?,10-/m0/s1. The lowest BCUT2D eigenvalue weighted by atomic mass is 10.0. The predicted molar refractivity (Wildman–Crippen MR) is 67.1 cm³/mol. The highest BCUT2D eigenvalue weighted by Crippen LogP contribution is 2.29.